The lowest BCUT2D eigenvalue weighted by molar-refractivity contribution is 0.340. The molecule has 0 amide bonds. The van der Waals surface area contributed by atoms with Gasteiger partial charge in [0.05, 0.1) is 6.61 Å². The lowest BCUT2D eigenvalue weighted by atomic mass is 10.0. The van der Waals surface area contributed by atoms with Gasteiger partial charge in [-0.1, -0.05) is 42.5 Å². The monoisotopic (exact) mass is 296 g/mol. The molecule has 1 N–H and O–H groups in total. The Morgan fingerprint density at radius 1 is 1.14 bits per heavy atom. The van der Waals surface area contributed by atoms with E-state index in [4.69, 9.17) is 4.74 Å². The minimum absolute atomic E-state index is 0.334. The molecule has 1 atom stereocenters. The standard InChI is InChI=1S/C19H24N2O/c1-21(2)14-18(16-6-4-3-5-7-16)20-13-15-8-9-19-17(12-15)10-11-22-19/h3-9,12,18,20H,10-11,13-14H2,1-2H3. The van der Waals surface area contributed by atoms with Crippen molar-refractivity contribution in [1.82, 2.24) is 10.2 Å². The van der Waals surface area contributed by atoms with Crippen molar-refractivity contribution in [3.8, 4) is 5.75 Å². The molecule has 2 aromatic rings. The molecule has 0 fully saturated rings. The second-order valence-electron chi connectivity index (χ2n) is 6.15. The Kier molecular flexibility index (Phi) is 4.76. The fourth-order valence-corrected chi connectivity index (χ4v) is 2.93. The van der Waals surface area contributed by atoms with E-state index in [0.29, 0.717) is 6.04 Å². The topological polar surface area (TPSA) is 24.5 Å². The van der Waals surface area contributed by atoms with Crippen molar-refractivity contribution in [3.63, 3.8) is 0 Å². The zero-order valence-electron chi connectivity index (χ0n) is 13.4. The van der Waals surface area contributed by atoms with Crippen LogP contribution < -0.4 is 10.1 Å². The molecule has 2 aromatic carbocycles. The first-order chi connectivity index (χ1) is 10.7. The van der Waals surface area contributed by atoms with Gasteiger partial charge >= 0.3 is 0 Å². The largest absolute Gasteiger partial charge is 0.493 e. The van der Waals surface area contributed by atoms with Gasteiger partial charge < -0.3 is 15.0 Å². The molecule has 22 heavy (non-hydrogen) atoms. The van der Waals surface area contributed by atoms with E-state index in [2.05, 4.69) is 72.8 Å². The zero-order valence-corrected chi connectivity index (χ0v) is 13.4. The SMILES string of the molecule is CN(C)CC(NCc1ccc2c(c1)CCO2)c1ccccc1. The van der Waals surface area contributed by atoms with Crippen molar-refractivity contribution in [1.29, 1.82) is 0 Å². The molecule has 0 saturated heterocycles. The first kappa shape index (κ1) is 15.1. The number of nitrogens with one attached hydrogen (secondary N) is 1. The lowest BCUT2D eigenvalue weighted by Crippen LogP contribution is -2.30. The lowest BCUT2D eigenvalue weighted by Gasteiger charge is -2.23. The van der Waals surface area contributed by atoms with Gasteiger partial charge in [0.25, 0.3) is 0 Å². The normalized spacial score (nSPS) is 14.7. The van der Waals surface area contributed by atoms with Gasteiger partial charge in [0.15, 0.2) is 0 Å². The number of hydrogen-bond acceptors (Lipinski definition) is 3. The Morgan fingerprint density at radius 3 is 2.73 bits per heavy atom. The van der Waals surface area contributed by atoms with Crippen molar-refractivity contribution in [2.75, 3.05) is 27.2 Å². The van der Waals surface area contributed by atoms with E-state index in [-0.39, 0.29) is 0 Å². The smallest absolute Gasteiger partial charge is 0.122 e. The number of likely N-dealkylation sites (N-methyl/N-ethyl adjacent to an activating group) is 1. The van der Waals surface area contributed by atoms with Gasteiger partial charge in [0.2, 0.25) is 0 Å². The van der Waals surface area contributed by atoms with Crippen molar-refractivity contribution in [2.45, 2.75) is 19.0 Å². The van der Waals surface area contributed by atoms with Gasteiger partial charge in [-0.15, -0.1) is 0 Å². The average molecular weight is 296 g/mol. The number of nitrogens with zero attached hydrogens (tertiary/aromatic N) is 1. The summed E-state index contributed by atoms with van der Waals surface area (Å²) in [5.74, 6) is 1.05. The summed E-state index contributed by atoms with van der Waals surface area (Å²) < 4.78 is 5.57. The van der Waals surface area contributed by atoms with E-state index < -0.39 is 0 Å². The third-order valence-electron chi connectivity index (χ3n) is 4.06. The minimum Gasteiger partial charge on any atom is -0.493 e. The van der Waals surface area contributed by atoms with Gasteiger partial charge in [-0.05, 0) is 36.9 Å². The summed E-state index contributed by atoms with van der Waals surface area (Å²) in [5.41, 5.74) is 3.99. The van der Waals surface area contributed by atoms with Crippen molar-refractivity contribution in [3.05, 3.63) is 65.2 Å². The maximum Gasteiger partial charge on any atom is 0.122 e. The molecule has 1 unspecified atom stereocenters. The number of rotatable bonds is 6. The molecule has 0 spiro atoms. The summed E-state index contributed by atoms with van der Waals surface area (Å²) in [6.07, 6.45) is 1.03. The molecule has 3 rings (SSSR count). The maximum atomic E-state index is 5.57. The van der Waals surface area contributed by atoms with Gasteiger partial charge in [0, 0.05) is 25.6 Å². The van der Waals surface area contributed by atoms with E-state index in [0.717, 1.165) is 31.9 Å². The van der Waals surface area contributed by atoms with Crippen molar-refractivity contribution in [2.24, 2.45) is 0 Å². The maximum absolute atomic E-state index is 5.57. The number of benzene rings is 2. The highest BCUT2D eigenvalue weighted by atomic mass is 16.5. The first-order valence-electron chi connectivity index (χ1n) is 7.90. The third kappa shape index (κ3) is 3.67. The molecule has 1 aliphatic heterocycles. The van der Waals surface area contributed by atoms with Crippen LogP contribution in [-0.4, -0.2) is 32.1 Å². The molecular weight excluding hydrogens is 272 g/mol. The van der Waals surface area contributed by atoms with Crippen LogP contribution >= 0.6 is 0 Å². The molecule has 0 aliphatic carbocycles. The molecule has 0 bridgehead atoms. The molecule has 3 heteroatoms. The number of fused-ring (bicyclic) bond motifs is 1. The number of hydrogen-bond donors (Lipinski definition) is 1. The molecule has 0 saturated carbocycles. The molecule has 1 aliphatic rings. The second-order valence-corrected chi connectivity index (χ2v) is 6.15. The fourth-order valence-electron chi connectivity index (χ4n) is 2.93. The van der Waals surface area contributed by atoms with E-state index >= 15 is 0 Å². The zero-order chi connectivity index (χ0) is 15.4. The molecular formula is C19H24N2O. The predicted octanol–water partition coefficient (Wildman–Crippen LogP) is 3.01. The van der Waals surface area contributed by atoms with E-state index in [1.807, 2.05) is 0 Å². The van der Waals surface area contributed by atoms with Crippen LogP contribution in [0.5, 0.6) is 5.75 Å². The van der Waals surface area contributed by atoms with Crippen molar-refractivity contribution < 1.29 is 4.74 Å². The quantitative estimate of drug-likeness (QED) is 0.887. The van der Waals surface area contributed by atoms with Crippen LogP contribution in [0.4, 0.5) is 0 Å². The highest BCUT2D eigenvalue weighted by Crippen LogP contribution is 2.26. The molecule has 0 radical (unpaired) electrons. The van der Waals surface area contributed by atoms with Gasteiger partial charge in [0.1, 0.15) is 5.75 Å². The Morgan fingerprint density at radius 2 is 1.95 bits per heavy atom. The summed E-state index contributed by atoms with van der Waals surface area (Å²) in [5, 5.41) is 3.69. The Labute approximate surface area is 132 Å². The summed E-state index contributed by atoms with van der Waals surface area (Å²) in [7, 11) is 4.23. The van der Waals surface area contributed by atoms with Crippen LogP contribution in [-0.2, 0) is 13.0 Å². The summed E-state index contributed by atoms with van der Waals surface area (Å²) in [6, 6.07) is 17.5. The van der Waals surface area contributed by atoms with Crippen LogP contribution in [0.2, 0.25) is 0 Å². The summed E-state index contributed by atoms with van der Waals surface area (Å²) >= 11 is 0. The van der Waals surface area contributed by atoms with Crippen molar-refractivity contribution >= 4 is 0 Å². The van der Waals surface area contributed by atoms with Crippen LogP contribution in [0.15, 0.2) is 48.5 Å². The summed E-state index contributed by atoms with van der Waals surface area (Å²) in [6.45, 7) is 2.68. The van der Waals surface area contributed by atoms with E-state index in [9.17, 15) is 0 Å². The Bertz CT molecular complexity index is 610. The first-order valence-corrected chi connectivity index (χ1v) is 7.90. The average Bonchev–Trinajstić information content (AvgIpc) is 2.99. The fraction of sp³-hybridized carbons (Fsp3) is 0.368. The number of ether oxygens (including phenoxy) is 1. The van der Waals surface area contributed by atoms with Gasteiger partial charge in [-0.2, -0.15) is 0 Å². The van der Waals surface area contributed by atoms with Crippen LogP contribution in [0, 0.1) is 0 Å². The second kappa shape index (κ2) is 6.95. The van der Waals surface area contributed by atoms with E-state index in [1.54, 1.807) is 0 Å². The van der Waals surface area contributed by atoms with Gasteiger partial charge in [-0.3, -0.25) is 0 Å². The van der Waals surface area contributed by atoms with Crippen LogP contribution in [0.1, 0.15) is 22.7 Å². The molecule has 0 aromatic heterocycles. The predicted molar refractivity (Wildman–Crippen MR) is 90.2 cm³/mol. The highest BCUT2D eigenvalue weighted by Gasteiger charge is 2.14. The van der Waals surface area contributed by atoms with Gasteiger partial charge in [-0.25, -0.2) is 0 Å². The summed E-state index contributed by atoms with van der Waals surface area (Å²) in [4.78, 5) is 2.22. The Hall–Kier alpha value is -1.84. The molecule has 116 valence electrons. The van der Waals surface area contributed by atoms with Crippen LogP contribution in [0.3, 0.4) is 0 Å². The minimum atomic E-state index is 0.334. The third-order valence-corrected chi connectivity index (χ3v) is 4.06. The highest BCUT2D eigenvalue weighted by molar-refractivity contribution is 5.39. The van der Waals surface area contributed by atoms with Crippen LogP contribution in [0.25, 0.3) is 0 Å². The van der Waals surface area contributed by atoms with E-state index in [1.165, 1.54) is 16.7 Å². The molecule has 3 nitrogen and oxygen atoms in total. The Balaban J connectivity index is 1.68. The molecule has 1 heterocycles.